The fourth-order valence-electron chi connectivity index (χ4n) is 1.63. The van der Waals surface area contributed by atoms with Crippen molar-refractivity contribution in [1.82, 2.24) is 0 Å². The molecule has 0 atom stereocenters. The topological polar surface area (TPSA) is 69.4 Å². The van der Waals surface area contributed by atoms with Gasteiger partial charge in [0, 0.05) is 12.5 Å². The van der Waals surface area contributed by atoms with Gasteiger partial charge in [-0.3, -0.25) is 4.79 Å². The third-order valence-corrected chi connectivity index (χ3v) is 2.60. The Balaban J connectivity index is 3.33. The summed E-state index contributed by atoms with van der Waals surface area (Å²) in [5.41, 5.74) is 5.40. The Bertz CT molecular complexity index is 262. The Morgan fingerprint density at radius 1 is 1.00 bits per heavy atom. The number of hydrogen-bond donors (Lipinski definition) is 1. The van der Waals surface area contributed by atoms with Crippen molar-refractivity contribution in [2.45, 2.75) is 58.3 Å². The van der Waals surface area contributed by atoms with Crippen LogP contribution in [-0.2, 0) is 14.3 Å². The smallest absolute Gasteiger partial charge is 0.338 e. The second kappa shape index (κ2) is 12.3. The van der Waals surface area contributed by atoms with Gasteiger partial charge in [0.25, 0.3) is 0 Å². The molecule has 0 fully saturated rings. The maximum absolute atomic E-state index is 11.2. The number of carbonyl (C=O) groups excluding carboxylic acids is 2. The third-order valence-electron chi connectivity index (χ3n) is 2.60. The summed E-state index contributed by atoms with van der Waals surface area (Å²) in [6, 6.07) is 0. The first-order chi connectivity index (χ1) is 8.70. The summed E-state index contributed by atoms with van der Waals surface area (Å²) in [7, 11) is 0. The number of unbranched alkanes of at least 4 members (excludes halogenated alkanes) is 6. The van der Waals surface area contributed by atoms with Crippen LogP contribution >= 0.6 is 0 Å². The number of ether oxygens (including phenoxy) is 1. The fraction of sp³-hybridized carbons (Fsp3) is 0.714. The lowest BCUT2D eigenvalue weighted by Gasteiger charge is -2.01. The summed E-state index contributed by atoms with van der Waals surface area (Å²) in [5.74, 6) is -1.01. The zero-order valence-electron chi connectivity index (χ0n) is 11.3. The summed E-state index contributed by atoms with van der Waals surface area (Å²) >= 11 is 0. The lowest BCUT2D eigenvalue weighted by atomic mass is 10.1. The minimum atomic E-state index is -0.579. The standard InChI is InChI=1S/C14H25NO3/c1-2-10-13(16)18-14(17)11-8-6-4-3-5-7-9-12-15/h2,10H,3-9,11-12,15H2,1H3. The normalized spacial score (nSPS) is 10.8. The first kappa shape index (κ1) is 16.8. The molecule has 0 saturated carbocycles. The van der Waals surface area contributed by atoms with E-state index in [4.69, 9.17) is 5.73 Å². The van der Waals surface area contributed by atoms with Crippen molar-refractivity contribution in [2.24, 2.45) is 5.73 Å². The molecule has 104 valence electrons. The maximum Gasteiger partial charge on any atom is 0.338 e. The molecule has 0 aromatic carbocycles. The SMILES string of the molecule is CC=CC(=O)OC(=O)CCCCCCCCCN. The zero-order valence-corrected chi connectivity index (χ0v) is 11.3. The second-order valence-electron chi connectivity index (χ2n) is 4.31. The first-order valence-corrected chi connectivity index (χ1v) is 6.78. The van der Waals surface area contributed by atoms with Crippen molar-refractivity contribution in [3.05, 3.63) is 12.2 Å². The van der Waals surface area contributed by atoms with E-state index in [0.29, 0.717) is 6.42 Å². The van der Waals surface area contributed by atoms with Gasteiger partial charge in [0.1, 0.15) is 0 Å². The molecule has 0 aliphatic rings. The molecule has 4 heteroatoms. The van der Waals surface area contributed by atoms with Crippen LogP contribution in [0.1, 0.15) is 58.3 Å². The molecule has 0 rings (SSSR count). The van der Waals surface area contributed by atoms with Gasteiger partial charge < -0.3 is 10.5 Å². The van der Waals surface area contributed by atoms with Crippen molar-refractivity contribution in [3.63, 3.8) is 0 Å². The number of allylic oxidation sites excluding steroid dienone is 1. The van der Waals surface area contributed by atoms with Crippen molar-refractivity contribution in [1.29, 1.82) is 0 Å². The van der Waals surface area contributed by atoms with E-state index in [1.54, 1.807) is 13.0 Å². The van der Waals surface area contributed by atoms with Crippen LogP contribution < -0.4 is 5.73 Å². The van der Waals surface area contributed by atoms with Gasteiger partial charge in [-0.2, -0.15) is 0 Å². The molecule has 0 radical (unpaired) electrons. The van der Waals surface area contributed by atoms with Crippen LogP contribution in [0, 0.1) is 0 Å². The first-order valence-electron chi connectivity index (χ1n) is 6.78. The van der Waals surface area contributed by atoms with E-state index in [1.165, 1.54) is 25.3 Å². The molecular formula is C14H25NO3. The van der Waals surface area contributed by atoms with Crippen molar-refractivity contribution < 1.29 is 14.3 Å². The van der Waals surface area contributed by atoms with Gasteiger partial charge in [-0.05, 0) is 26.3 Å². The molecule has 0 aliphatic heterocycles. The average Bonchev–Trinajstić information content (AvgIpc) is 2.32. The monoisotopic (exact) mass is 255 g/mol. The summed E-state index contributed by atoms with van der Waals surface area (Å²) in [4.78, 5) is 22.2. The van der Waals surface area contributed by atoms with E-state index >= 15 is 0 Å². The molecule has 0 amide bonds. The second-order valence-corrected chi connectivity index (χ2v) is 4.31. The van der Waals surface area contributed by atoms with Gasteiger partial charge >= 0.3 is 11.9 Å². The largest absolute Gasteiger partial charge is 0.390 e. The van der Waals surface area contributed by atoms with E-state index in [9.17, 15) is 9.59 Å². The van der Waals surface area contributed by atoms with Gasteiger partial charge in [0.15, 0.2) is 0 Å². The molecule has 0 heterocycles. The number of hydrogen-bond acceptors (Lipinski definition) is 4. The molecular weight excluding hydrogens is 230 g/mol. The Labute approximate surface area is 110 Å². The van der Waals surface area contributed by atoms with Crippen molar-refractivity contribution in [3.8, 4) is 0 Å². The predicted octanol–water partition coefficient (Wildman–Crippen LogP) is 2.71. The van der Waals surface area contributed by atoms with Crippen LogP contribution in [0.25, 0.3) is 0 Å². The number of rotatable bonds is 10. The van der Waals surface area contributed by atoms with Crippen LogP contribution in [0.15, 0.2) is 12.2 Å². The molecule has 18 heavy (non-hydrogen) atoms. The zero-order chi connectivity index (χ0) is 13.6. The highest BCUT2D eigenvalue weighted by Crippen LogP contribution is 2.08. The molecule has 0 saturated heterocycles. The summed E-state index contributed by atoms with van der Waals surface area (Å²) in [5, 5.41) is 0. The lowest BCUT2D eigenvalue weighted by molar-refractivity contribution is -0.156. The highest BCUT2D eigenvalue weighted by molar-refractivity contribution is 5.91. The van der Waals surface area contributed by atoms with Crippen LogP contribution in [0.2, 0.25) is 0 Å². The molecule has 0 aromatic heterocycles. The fourth-order valence-corrected chi connectivity index (χ4v) is 1.63. The van der Waals surface area contributed by atoms with Crippen molar-refractivity contribution in [2.75, 3.05) is 6.54 Å². The van der Waals surface area contributed by atoms with E-state index < -0.39 is 11.9 Å². The molecule has 0 aliphatic carbocycles. The average molecular weight is 255 g/mol. The van der Waals surface area contributed by atoms with Crippen LogP contribution in [-0.4, -0.2) is 18.5 Å². The van der Waals surface area contributed by atoms with Gasteiger partial charge in [-0.1, -0.05) is 38.2 Å². The maximum atomic E-state index is 11.2. The Morgan fingerprint density at radius 2 is 1.56 bits per heavy atom. The van der Waals surface area contributed by atoms with Gasteiger partial charge in [-0.15, -0.1) is 0 Å². The van der Waals surface area contributed by atoms with Gasteiger partial charge in [-0.25, -0.2) is 4.79 Å². The lowest BCUT2D eigenvalue weighted by Crippen LogP contribution is -2.09. The summed E-state index contributed by atoms with van der Waals surface area (Å²) < 4.78 is 4.57. The van der Waals surface area contributed by atoms with E-state index in [-0.39, 0.29) is 0 Å². The molecule has 0 spiro atoms. The minimum Gasteiger partial charge on any atom is -0.390 e. The molecule has 4 nitrogen and oxygen atoms in total. The van der Waals surface area contributed by atoms with E-state index in [0.717, 1.165) is 32.2 Å². The highest BCUT2D eigenvalue weighted by Gasteiger charge is 2.06. The van der Waals surface area contributed by atoms with Gasteiger partial charge in [0.2, 0.25) is 0 Å². The Morgan fingerprint density at radius 3 is 2.11 bits per heavy atom. The van der Waals surface area contributed by atoms with Gasteiger partial charge in [0.05, 0.1) is 0 Å². The highest BCUT2D eigenvalue weighted by atomic mass is 16.6. The quantitative estimate of drug-likeness (QED) is 0.282. The van der Waals surface area contributed by atoms with Crippen LogP contribution in [0.5, 0.6) is 0 Å². The third kappa shape index (κ3) is 11.3. The minimum absolute atomic E-state index is 0.325. The number of carbonyl (C=O) groups is 2. The number of nitrogens with two attached hydrogens (primary N) is 1. The molecule has 0 bridgehead atoms. The number of esters is 2. The van der Waals surface area contributed by atoms with E-state index in [2.05, 4.69) is 4.74 Å². The molecule has 0 aromatic rings. The Hall–Kier alpha value is -1.16. The van der Waals surface area contributed by atoms with Crippen LogP contribution in [0.4, 0.5) is 0 Å². The van der Waals surface area contributed by atoms with Crippen LogP contribution in [0.3, 0.4) is 0 Å². The predicted molar refractivity (Wildman–Crippen MR) is 71.9 cm³/mol. The summed E-state index contributed by atoms with van der Waals surface area (Å²) in [6.07, 6.45) is 10.7. The molecule has 2 N–H and O–H groups in total. The van der Waals surface area contributed by atoms with E-state index in [1.807, 2.05) is 0 Å². The van der Waals surface area contributed by atoms with Crippen molar-refractivity contribution >= 4 is 11.9 Å². The molecule has 0 unspecified atom stereocenters. The Kier molecular flexibility index (Phi) is 11.5. The summed E-state index contributed by atoms with van der Waals surface area (Å²) in [6.45, 7) is 2.47.